The van der Waals surface area contributed by atoms with Gasteiger partial charge in [0.25, 0.3) is 0 Å². The Kier molecular flexibility index (Phi) is 3.57. The lowest BCUT2D eigenvalue weighted by Crippen LogP contribution is -2.06. The number of pyridine rings is 1. The van der Waals surface area contributed by atoms with Crippen molar-refractivity contribution in [3.63, 3.8) is 0 Å². The molecule has 0 saturated carbocycles. The number of fused-ring (bicyclic) bond motifs is 1. The van der Waals surface area contributed by atoms with E-state index in [1.807, 2.05) is 0 Å². The second-order valence-electron chi connectivity index (χ2n) is 4.43. The summed E-state index contributed by atoms with van der Waals surface area (Å²) in [6, 6.07) is 7.97. The van der Waals surface area contributed by atoms with Gasteiger partial charge in [-0.05, 0) is 24.3 Å². The van der Waals surface area contributed by atoms with Crippen molar-refractivity contribution in [3.05, 3.63) is 59.8 Å². The van der Waals surface area contributed by atoms with Gasteiger partial charge in [0.2, 0.25) is 0 Å². The Hall–Kier alpha value is -2.05. The summed E-state index contributed by atoms with van der Waals surface area (Å²) in [7, 11) is -3.49. The van der Waals surface area contributed by atoms with E-state index in [1.165, 1.54) is 24.7 Å². The van der Waals surface area contributed by atoms with Gasteiger partial charge in [0, 0.05) is 17.8 Å². The van der Waals surface area contributed by atoms with E-state index in [2.05, 4.69) is 15.0 Å². The zero-order chi connectivity index (χ0) is 14.9. The van der Waals surface area contributed by atoms with Gasteiger partial charge in [0.1, 0.15) is 6.33 Å². The zero-order valence-corrected chi connectivity index (χ0v) is 12.3. The predicted molar refractivity (Wildman–Crippen MR) is 79.7 cm³/mol. The molecule has 0 atom stereocenters. The molecule has 5 nitrogen and oxygen atoms in total. The van der Waals surface area contributed by atoms with E-state index >= 15 is 0 Å². The number of benzene rings is 1. The van der Waals surface area contributed by atoms with Crippen molar-refractivity contribution >= 4 is 32.3 Å². The predicted octanol–water partition coefficient (Wildman–Crippen LogP) is 2.65. The second kappa shape index (κ2) is 5.38. The van der Waals surface area contributed by atoms with E-state index in [0.29, 0.717) is 16.2 Å². The summed E-state index contributed by atoms with van der Waals surface area (Å²) in [5.74, 6) is -0.179. The molecule has 21 heavy (non-hydrogen) atoms. The van der Waals surface area contributed by atoms with Crippen LogP contribution in [0.3, 0.4) is 0 Å². The molecule has 0 fully saturated rings. The normalized spacial score (nSPS) is 11.7. The first-order valence-electron chi connectivity index (χ1n) is 6.08. The van der Waals surface area contributed by atoms with Crippen LogP contribution in [-0.4, -0.2) is 23.4 Å². The van der Waals surface area contributed by atoms with E-state index in [0.717, 1.165) is 5.39 Å². The molecular formula is C14H10ClN3O2S. The largest absolute Gasteiger partial charge is 0.256 e. The molecule has 2 aromatic heterocycles. The Balaban J connectivity index is 2.03. The Bertz CT molecular complexity index is 898. The molecule has 0 aliphatic heterocycles. The average molecular weight is 320 g/mol. The van der Waals surface area contributed by atoms with Crippen molar-refractivity contribution in [3.8, 4) is 0 Å². The van der Waals surface area contributed by atoms with Crippen LogP contribution in [-0.2, 0) is 15.6 Å². The molecule has 0 amide bonds. The van der Waals surface area contributed by atoms with Crippen molar-refractivity contribution in [1.29, 1.82) is 0 Å². The second-order valence-corrected chi connectivity index (χ2v) is 6.83. The zero-order valence-electron chi connectivity index (χ0n) is 10.8. The summed E-state index contributed by atoms with van der Waals surface area (Å²) in [5.41, 5.74) is 0.996. The van der Waals surface area contributed by atoms with Crippen LogP contribution in [0.25, 0.3) is 10.9 Å². The molecule has 7 heteroatoms. The third-order valence-electron chi connectivity index (χ3n) is 3.00. The first kappa shape index (κ1) is 13.9. The van der Waals surface area contributed by atoms with Crippen molar-refractivity contribution in [2.45, 2.75) is 10.6 Å². The van der Waals surface area contributed by atoms with Gasteiger partial charge >= 0.3 is 0 Å². The summed E-state index contributed by atoms with van der Waals surface area (Å²) in [6.45, 7) is 0. The molecular weight excluding hydrogens is 310 g/mol. The number of aromatic nitrogens is 3. The SMILES string of the molecule is O=S(=O)(Cc1ccncn1)c1ccc2c(Cl)ccnc2c1. The molecule has 3 aromatic rings. The molecule has 0 aliphatic carbocycles. The van der Waals surface area contributed by atoms with Crippen molar-refractivity contribution in [1.82, 2.24) is 15.0 Å². The number of halogens is 1. The summed E-state index contributed by atoms with van der Waals surface area (Å²) in [6.07, 6.45) is 4.39. The number of sulfone groups is 1. The third kappa shape index (κ3) is 2.86. The minimum absolute atomic E-state index is 0.179. The van der Waals surface area contributed by atoms with Gasteiger partial charge in [-0.15, -0.1) is 0 Å². The smallest absolute Gasteiger partial charge is 0.184 e. The van der Waals surface area contributed by atoms with E-state index in [1.54, 1.807) is 24.4 Å². The van der Waals surface area contributed by atoms with E-state index in [-0.39, 0.29) is 10.6 Å². The molecule has 106 valence electrons. The highest BCUT2D eigenvalue weighted by Crippen LogP contribution is 2.25. The molecule has 0 N–H and O–H groups in total. The molecule has 0 radical (unpaired) electrons. The first-order chi connectivity index (χ1) is 10.1. The molecule has 1 aromatic carbocycles. The lowest BCUT2D eigenvalue weighted by Gasteiger charge is -2.06. The summed E-state index contributed by atoms with van der Waals surface area (Å²) in [5, 5.41) is 1.26. The number of rotatable bonds is 3. The van der Waals surface area contributed by atoms with Crippen LogP contribution in [0.15, 0.2) is 53.9 Å². The minimum Gasteiger partial charge on any atom is -0.256 e. The number of nitrogens with zero attached hydrogens (tertiary/aromatic N) is 3. The molecule has 0 unspecified atom stereocenters. The number of hydrogen-bond donors (Lipinski definition) is 0. The third-order valence-corrected chi connectivity index (χ3v) is 4.98. The molecule has 0 bridgehead atoms. The first-order valence-corrected chi connectivity index (χ1v) is 8.11. The topological polar surface area (TPSA) is 72.8 Å². The van der Waals surface area contributed by atoms with Gasteiger partial charge in [-0.2, -0.15) is 0 Å². The van der Waals surface area contributed by atoms with Gasteiger partial charge < -0.3 is 0 Å². The van der Waals surface area contributed by atoms with Crippen LogP contribution in [0.2, 0.25) is 5.02 Å². The quantitative estimate of drug-likeness (QED) is 0.742. The van der Waals surface area contributed by atoms with Crippen LogP contribution in [0, 0.1) is 0 Å². The standard InChI is InChI=1S/C14H10ClN3O2S/c15-13-4-6-17-14-7-11(1-2-12(13)14)21(19,20)8-10-3-5-16-9-18-10/h1-7,9H,8H2. The molecule has 3 rings (SSSR count). The Morgan fingerprint density at radius 3 is 2.67 bits per heavy atom. The number of hydrogen-bond acceptors (Lipinski definition) is 5. The van der Waals surface area contributed by atoms with Crippen LogP contribution < -0.4 is 0 Å². The molecule has 0 spiro atoms. The minimum atomic E-state index is -3.49. The van der Waals surface area contributed by atoms with Gasteiger partial charge in [-0.25, -0.2) is 18.4 Å². The van der Waals surface area contributed by atoms with E-state index in [9.17, 15) is 8.42 Å². The van der Waals surface area contributed by atoms with E-state index < -0.39 is 9.84 Å². The van der Waals surface area contributed by atoms with Crippen LogP contribution in [0.1, 0.15) is 5.69 Å². The fraction of sp³-hybridized carbons (Fsp3) is 0.0714. The Morgan fingerprint density at radius 2 is 1.90 bits per heavy atom. The Labute approximate surface area is 126 Å². The summed E-state index contributed by atoms with van der Waals surface area (Å²) in [4.78, 5) is 12.1. The lowest BCUT2D eigenvalue weighted by molar-refractivity contribution is 0.594. The maximum atomic E-state index is 12.4. The highest BCUT2D eigenvalue weighted by Gasteiger charge is 2.17. The van der Waals surface area contributed by atoms with Crippen LogP contribution >= 0.6 is 11.6 Å². The average Bonchev–Trinajstić information content (AvgIpc) is 2.48. The van der Waals surface area contributed by atoms with Gasteiger partial charge in [0.05, 0.1) is 26.9 Å². The van der Waals surface area contributed by atoms with Crippen LogP contribution in [0.5, 0.6) is 0 Å². The molecule has 2 heterocycles. The molecule has 0 saturated heterocycles. The van der Waals surface area contributed by atoms with Crippen molar-refractivity contribution in [2.75, 3.05) is 0 Å². The fourth-order valence-corrected chi connectivity index (χ4v) is 3.48. The van der Waals surface area contributed by atoms with E-state index in [4.69, 9.17) is 11.6 Å². The van der Waals surface area contributed by atoms with Crippen molar-refractivity contribution in [2.24, 2.45) is 0 Å². The highest BCUT2D eigenvalue weighted by molar-refractivity contribution is 7.90. The highest BCUT2D eigenvalue weighted by atomic mass is 35.5. The van der Waals surface area contributed by atoms with Gasteiger partial charge in [-0.1, -0.05) is 17.7 Å². The van der Waals surface area contributed by atoms with Crippen molar-refractivity contribution < 1.29 is 8.42 Å². The monoisotopic (exact) mass is 319 g/mol. The summed E-state index contributed by atoms with van der Waals surface area (Å²) >= 11 is 6.05. The summed E-state index contributed by atoms with van der Waals surface area (Å²) < 4.78 is 24.8. The van der Waals surface area contributed by atoms with Gasteiger partial charge in [-0.3, -0.25) is 4.98 Å². The molecule has 0 aliphatic rings. The maximum absolute atomic E-state index is 12.4. The maximum Gasteiger partial charge on any atom is 0.184 e. The fourth-order valence-electron chi connectivity index (χ4n) is 1.97. The Morgan fingerprint density at radius 1 is 1.05 bits per heavy atom. The van der Waals surface area contributed by atoms with Crippen LogP contribution in [0.4, 0.5) is 0 Å². The lowest BCUT2D eigenvalue weighted by atomic mass is 10.2. The van der Waals surface area contributed by atoms with Gasteiger partial charge in [0.15, 0.2) is 9.84 Å².